The zero-order valence-corrected chi connectivity index (χ0v) is 22.5. The van der Waals surface area contributed by atoms with Crippen LogP contribution in [0.1, 0.15) is 30.5 Å². The van der Waals surface area contributed by atoms with Gasteiger partial charge in [0.05, 0.1) is 12.3 Å². The van der Waals surface area contributed by atoms with Gasteiger partial charge < -0.3 is 15.5 Å². The summed E-state index contributed by atoms with van der Waals surface area (Å²) in [4.78, 5) is 6.99. The highest BCUT2D eigenvalue weighted by atomic mass is 127. The summed E-state index contributed by atoms with van der Waals surface area (Å²) < 4.78 is 25.7. The predicted molar refractivity (Wildman–Crippen MR) is 145 cm³/mol. The van der Waals surface area contributed by atoms with E-state index in [0.29, 0.717) is 6.54 Å². The van der Waals surface area contributed by atoms with Crippen LogP contribution in [0.15, 0.2) is 53.5 Å². The first-order valence-corrected chi connectivity index (χ1v) is 12.3. The van der Waals surface area contributed by atoms with Crippen molar-refractivity contribution in [1.29, 1.82) is 0 Å². The third-order valence-electron chi connectivity index (χ3n) is 4.88. The van der Waals surface area contributed by atoms with Gasteiger partial charge in [0.25, 0.3) is 0 Å². The number of likely N-dealkylation sites (N-methyl/N-ethyl adjacent to an activating group) is 1. The lowest BCUT2D eigenvalue weighted by Gasteiger charge is -2.24. The van der Waals surface area contributed by atoms with Crippen molar-refractivity contribution >= 4 is 45.6 Å². The van der Waals surface area contributed by atoms with Gasteiger partial charge in [-0.05, 0) is 56.6 Å². The molecule has 0 radical (unpaired) electrons. The molecule has 0 atom stereocenters. The molecule has 0 spiro atoms. The summed E-state index contributed by atoms with van der Waals surface area (Å²) in [5, 5.41) is 6.68. The lowest BCUT2D eigenvalue weighted by Crippen LogP contribution is -2.41. The number of anilines is 1. The molecular formula is C23H36IN5O2S. The van der Waals surface area contributed by atoms with Crippen LogP contribution in [0.5, 0.6) is 0 Å². The second-order valence-electron chi connectivity index (χ2n) is 7.32. The Morgan fingerprint density at radius 1 is 1.03 bits per heavy atom. The molecular weight excluding hydrogens is 537 g/mol. The molecule has 0 saturated carbocycles. The summed E-state index contributed by atoms with van der Waals surface area (Å²) in [7, 11) is -1.84. The zero-order valence-electron chi connectivity index (χ0n) is 19.4. The van der Waals surface area contributed by atoms with Crippen LogP contribution >= 0.6 is 24.0 Å². The van der Waals surface area contributed by atoms with Gasteiger partial charge in [0.15, 0.2) is 5.96 Å². The first-order chi connectivity index (χ1) is 14.9. The summed E-state index contributed by atoms with van der Waals surface area (Å²) in [6.07, 6.45) is 0. The van der Waals surface area contributed by atoms with Crippen LogP contribution in [0.2, 0.25) is 0 Å². The first-order valence-electron chi connectivity index (χ1n) is 10.7. The minimum Gasteiger partial charge on any atom is -0.370 e. The molecule has 3 N–H and O–H groups in total. The number of halogens is 1. The number of benzene rings is 2. The third-order valence-corrected chi connectivity index (χ3v) is 6.21. The Hall–Kier alpha value is -1.85. The van der Waals surface area contributed by atoms with E-state index in [0.717, 1.165) is 43.3 Å². The number of aryl methyl sites for hydroxylation is 1. The van der Waals surface area contributed by atoms with Gasteiger partial charge in [0.2, 0.25) is 10.0 Å². The van der Waals surface area contributed by atoms with Crippen molar-refractivity contribution in [2.45, 2.75) is 33.1 Å². The minimum atomic E-state index is -3.26. The van der Waals surface area contributed by atoms with Crippen LogP contribution in [-0.2, 0) is 22.3 Å². The number of rotatable bonds is 11. The van der Waals surface area contributed by atoms with E-state index in [2.05, 4.69) is 63.4 Å². The van der Waals surface area contributed by atoms with Crippen LogP contribution in [0.25, 0.3) is 0 Å². The van der Waals surface area contributed by atoms with Gasteiger partial charge in [-0.3, -0.25) is 0 Å². The molecule has 7 nitrogen and oxygen atoms in total. The van der Waals surface area contributed by atoms with Crippen LogP contribution in [0, 0.1) is 6.92 Å². The largest absolute Gasteiger partial charge is 0.370 e. The molecule has 0 amide bonds. The molecule has 0 aliphatic rings. The third kappa shape index (κ3) is 9.74. The summed E-state index contributed by atoms with van der Waals surface area (Å²) in [6, 6.07) is 16.1. The number of aliphatic imine (C=N–C) groups is 1. The minimum absolute atomic E-state index is 0. The summed E-state index contributed by atoms with van der Waals surface area (Å²) in [5.74, 6) is 0.746. The zero-order chi connectivity index (χ0) is 22.7. The van der Waals surface area contributed by atoms with Gasteiger partial charge in [0.1, 0.15) is 0 Å². The van der Waals surface area contributed by atoms with Crippen LogP contribution in [-0.4, -0.2) is 47.6 Å². The Morgan fingerprint density at radius 3 is 2.31 bits per heavy atom. The van der Waals surface area contributed by atoms with Gasteiger partial charge in [-0.2, -0.15) is 0 Å². The Kier molecular flexibility index (Phi) is 12.6. The standard InChI is InChI=1S/C23H35N5O2S.HI/c1-5-25-23(26-14-15-28(6-2)22-9-7-8-19(3)16-22)27-17-20-10-12-21(13-11-20)18-31(29,30)24-4;/h7-13,16,24H,5-6,14-15,17-18H2,1-4H3,(H2,25,26,27);1H. The average molecular weight is 574 g/mol. The van der Waals surface area contributed by atoms with E-state index in [1.165, 1.54) is 18.3 Å². The molecule has 178 valence electrons. The number of hydrogen-bond acceptors (Lipinski definition) is 4. The smallest absolute Gasteiger partial charge is 0.215 e. The van der Waals surface area contributed by atoms with E-state index >= 15 is 0 Å². The Balaban J connectivity index is 0.00000512. The second-order valence-corrected chi connectivity index (χ2v) is 9.25. The highest BCUT2D eigenvalue weighted by molar-refractivity contribution is 14.0. The fraction of sp³-hybridized carbons (Fsp3) is 0.435. The van der Waals surface area contributed by atoms with E-state index in [-0.39, 0.29) is 29.7 Å². The molecule has 0 unspecified atom stereocenters. The monoisotopic (exact) mass is 573 g/mol. The Labute approximate surface area is 210 Å². The van der Waals surface area contributed by atoms with E-state index in [1.807, 2.05) is 31.2 Å². The number of nitrogens with one attached hydrogen (secondary N) is 3. The summed E-state index contributed by atoms with van der Waals surface area (Å²) in [5.41, 5.74) is 4.26. The van der Waals surface area contributed by atoms with Crippen molar-refractivity contribution in [1.82, 2.24) is 15.4 Å². The molecule has 0 aliphatic carbocycles. The lowest BCUT2D eigenvalue weighted by molar-refractivity contribution is 0.587. The molecule has 0 aromatic heterocycles. The number of nitrogens with zero attached hydrogens (tertiary/aromatic N) is 2. The molecule has 32 heavy (non-hydrogen) atoms. The van der Waals surface area contributed by atoms with E-state index in [4.69, 9.17) is 0 Å². The van der Waals surface area contributed by atoms with Crippen molar-refractivity contribution in [3.05, 3.63) is 65.2 Å². The van der Waals surface area contributed by atoms with Crippen molar-refractivity contribution in [2.75, 3.05) is 38.1 Å². The molecule has 2 aromatic carbocycles. The Bertz CT molecular complexity index is 949. The maximum Gasteiger partial charge on any atom is 0.215 e. The quantitative estimate of drug-likeness (QED) is 0.219. The van der Waals surface area contributed by atoms with Gasteiger partial charge in [-0.1, -0.05) is 36.4 Å². The maximum atomic E-state index is 11.7. The normalized spacial score (nSPS) is 11.6. The van der Waals surface area contributed by atoms with Gasteiger partial charge in [-0.15, -0.1) is 24.0 Å². The molecule has 0 bridgehead atoms. The fourth-order valence-electron chi connectivity index (χ4n) is 3.15. The molecule has 0 fully saturated rings. The van der Waals surface area contributed by atoms with Crippen LogP contribution < -0.4 is 20.3 Å². The average Bonchev–Trinajstić information content (AvgIpc) is 2.75. The van der Waals surface area contributed by atoms with Crippen molar-refractivity contribution < 1.29 is 8.42 Å². The molecule has 0 heterocycles. The van der Waals surface area contributed by atoms with Gasteiger partial charge in [-0.25, -0.2) is 18.1 Å². The van der Waals surface area contributed by atoms with Crippen LogP contribution in [0.3, 0.4) is 0 Å². The number of guanidine groups is 1. The van der Waals surface area contributed by atoms with E-state index in [9.17, 15) is 8.42 Å². The highest BCUT2D eigenvalue weighted by Gasteiger charge is 2.08. The number of sulfonamides is 1. The highest BCUT2D eigenvalue weighted by Crippen LogP contribution is 2.15. The van der Waals surface area contributed by atoms with Crippen molar-refractivity contribution in [3.63, 3.8) is 0 Å². The molecule has 0 saturated heterocycles. The lowest BCUT2D eigenvalue weighted by atomic mass is 10.1. The topological polar surface area (TPSA) is 85.8 Å². The Morgan fingerprint density at radius 2 is 1.72 bits per heavy atom. The molecule has 2 rings (SSSR count). The van der Waals surface area contributed by atoms with Gasteiger partial charge >= 0.3 is 0 Å². The maximum absolute atomic E-state index is 11.7. The van der Waals surface area contributed by atoms with Gasteiger partial charge in [0, 0.05) is 31.9 Å². The SMILES string of the molecule is CCNC(=NCc1ccc(CS(=O)(=O)NC)cc1)NCCN(CC)c1cccc(C)c1.I. The summed E-state index contributed by atoms with van der Waals surface area (Å²) >= 11 is 0. The van der Waals surface area contributed by atoms with E-state index in [1.54, 1.807) is 0 Å². The molecule has 9 heteroatoms. The predicted octanol–water partition coefficient (Wildman–Crippen LogP) is 3.24. The second kappa shape index (κ2) is 14.3. The van der Waals surface area contributed by atoms with Crippen molar-refractivity contribution in [2.24, 2.45) is 4.99 Å². The molecule has 2 aromatic rings. The summed E-state index contributed by atoms with van der Waals surface area (Å²) in [6.45, 7) is 10.2. The number of hydrogen-bond donors (Lipinski definition) is 3. The first kappa shape index (κ1) is 28.2. The van der Waals surface area contributed by atoms with Crippen LogP contribution in [0.4, 0.5) is 5.69 Å². The van der Waals surface area contributed by atoms with E-state index < -0.39 is 10.0 Å². The van der Waals surface area contributed by atoms with Crippen molar-refractivity contribution in [3.8, 4) is 0 Å². The fourth-order valence-corrected chi connectivity index (χ4v) is 3.92. The molecule has 0 aliphatic heterocycles.